The first kappa shape index (κ1) is 14.8. The summed E-state index contributed by atoms with van der Waals surface area (Å²) in [5.41, 5.74) is 2.78. The molecule has 0 spiro atoms. The third-order valence-corrected chi connectivity index (χ3v) is 3.66. The Bertz CT molecular complexity index is 514. The van der Waals surface area contributed by atoms with E-state index in [0.29, 0.717) is 0 Å². The molecule has 0 fully saturated rings. The number of aryl methyl sites for hydroxylation is 2. The fourth-order valence-corrected chi connectivity index (χ4v) is 2.20. The molecular formula is C17H25N3. The largest absolute Gasteiger partial charge is 0.308 e. The molecule has 1 heterocycles. The lowest BCUT2D eigenvalue weighted by Gasteiger charge is -2.26. The molecule has 0 aliphatic heterocycles. The van der Waals surface area contributed by atoms with Gasteiger partial charge >= 0.3 is 0 Å². The number of nitrogens with one attached hydrogen (secondary N) is 1. The van der Waals surface area contributed by atoms with E-state index < -0.39 is 0 Å². The van der Waals surface area contributed by atoms with Gasteiger partial charge in [-0.1, -0.05) is 30.3 Å². The number of aromatic nitrogens is 2. The molecule has 0 radical (unpaired) electrons. The van der Waals surface area contributed by atoms with Crippen LogP contribution in [0.1, 0.15) is 38.3 Å². The highest BCUT2D eigenvalue weighted by Gasteiger charge is 2.16. The number of benzene rings is 1. The Morgan fingerprint density at radius 2 is 1.90 bits per heavy atom. The predicted molar refractivity (Wildman–Crippen MR) is 83.6 cm³/mol. The molecule has 0 aliphatic rings. The van der Waals surface area contributed by atoms with Gasteiger partial charge in [-0.25, -0.2) is 0 Å². The second-order valence-corrected chi connectivity index (χ2v) is 5.93. The monoisotopic (exact) mass is 271 g/mol. The first-order valence-corrected chi connectivity index (χ1v) is 7.39. The van der Waals surface area contributed by atoms with Gasteiger partial charge in [0.2, 0.25) is 0 Å². The van der Waals surface area contributed by atoms with Crippen molar-refractivity contribution in [3.05, 3.63) is 53.9 Å². The van der Waals surface area contributed by atoms with Crippen molar-refractivity contribution in [2.75, 3.05) is 0 Å². The van der Waals surface area contributed by atoms with Gasteiger partial charge in [0.05, 0.1) is 6.20 Å². The third kappa shape index (κ3) is 4.49. The van der Waals surface area contributed by atoms with Crippen molar-refractivity contribution >= 4 is 0 Å². The van der Waals surface area contributed by atoms with Crippen molar-refractivity contribution in [2.24, 2.45) is 0 Å². The molecule has 1 aromatic carbocycles. The Labute approximate surface area is 122 Å². The summed E-state index contributed by atoms with van der Waals surface area (Å²) < 4.78 is 1.97. The number of rotatable bonds is 7. The zero-order valence-corrected chi connectivity index (χ0v) is 12.8. The summed E-state index contributed by atoms with van der Waals surface area (Å²) in [6, 6.07) is 10.7. The van der Waals surface area contributed by atoms with Gasteiger partial charge in [-0.2, -0.15) is 5.10 Å². The van der Waals surface area contributed by atoms with Crippen LogP contribution < -0.4 is 5.32 Å². The summed E-state index contributed by atoms with van der Waals surface area (Å²) in [5.74, 6) is 0. The molecule has 0 atom stereocenters. The van der Waals surface area contributed by atoms with Crippen LogP contribution in [0.4, 0.5) is 0 Å². The summed E-state index contributed by atoms with van der Waals surface area (Å²) in [5, 5.41) is 7.94. The van der Waals surface area contributed by atoms with Gasteiger partial charge in [0, 0.05) is 30.4 Å². The van der Waals surface area contributed by atoms with E-state index in [-0.39, 0.29) is 5.54 Å². The van der Waals surface area contributed by atoms with Crippen molar-refractivity contribution in [3.63, 3.8) is 0 Å². The van der Waals surface area contributed by atoms with E-state index in [1.54, 1.807) is 0 Å². The fourth-order valence-electron chi connectivity index (χ4n) is 2.20. The molecule has 2 aromatic rings. The highest BCUT2D eigenvalue weighted by Crippen LogP contribution is 2.14. The standard InChI is InChI=1S/C17H25N3/c1-4-20-14-16(13-19-20)12-18-17(2,3)11-10-15-8-6-5-7-9-15/h5-9,13-14,18H,4,10-12H2,1-3H3. The lowest BCUT2D eigenvalue weighted by atomic mass is 9.95. The summed E-state index contributed by atoms with van der Waals surface area (Å²) in [7, 11) is 0. The molecule has 0 saturated carbocycles. The van der Waals surface area contributed by atoms with Crippen LogP contribution in [0.2, 0.25) is 0 Å². The predicted octanol–water partition coefficient (Wildman–Crippen LogP) is 3.40. The molecule has 2 rings (SSSR count). The smallest absolute Gasteiger partial charge is 0.0534 e. The molecule has 3 heteroatoms. The lowest BCUT2D eigenvalue weighted by molar-refractivity contribution is 0.360. The van der Waals surface area contributed by atoms with Crippen molar-refractivity contribution in [2.45, 2.75) is 52.2 Å². The Balaban J connectivity index is 1.81. The van der Waals surface area contributed by atoms with E-state index in [1.807, 2.05) is 10.9 Å². The van der Waals surface area contributed by atoms with Crippen molar-refractivity contribution in [1.82, 2.24) is 15.1 Å². The first-order chi connectivity index (χ1) is 9.59. The van der Waals surface area contributed by atoms with Gasteiger partial charge in [-0.05, 0) is 39.2 Å². The summed E-state index contributed by atoms with van der Waals surface area (Å²) in [6.45, 7) is 8.44. The number of hydrogen-bond acceptors (Lipinski definition) is 2. The van der Waals surface area contributed by atoms with Gasteiger partial charge in [0.15, 0.2) is 0 Å². The van der Waals surface area contributed by atoms with Crippen LogP contribution in [0.15, 0.2) is 42.7 Å². The molecule has 0 amide bonds. The van der Waals surface area contributed by atoms with Gasteiger partial charge in [0.1, 0.15) is 0 Å². The zero-order chi connectivity index (χ0) is 14.4. The van der Waals surface area contributed by atoms with Crippen LogP contribution in [0.5, 0.6) is 0 Å². The van der Waals surface area contributed by atoms with Crippen molar-refractivity contribution in [3.8, 4) is 0 Å². The molecule has 3 nitrogen and oxygen atoms in total. The van der Waals surface area contributed by atoms with Crippen molar-refractivity contribution < 1.29 is 0 Å². The Morgan fingerprint density at radius 1 is 1.15 bits per heavy atom. The molecule has 20 heavy (non-hydrogen) atoms. The molecule has 1 aromatic heterocycles. The Morgan fingerprint density at radius 3 is 2.55 bits per heavy atom. The lowest BCUT2D eigenvalue weighted by Crippen LogP contribution is -2.39. The van der Waals surface area contributed by atoms with Crippen LogP contribution in [-0.4, -0.2) is 15.3 Å². The van der Waals surface area contributed by atoms with Crippen LogP contribution in [-0.2, 0) is 19.5 Å². The van der Waals surface area contributed by atoms with Gasteiger partial charge in [-0.3, -0.25) is 4.68 Å². The van der Waals surface area contributed by atoms with E-state index in [1.165, 1.54) is 11.1 Å². The first-order valence-electron chi connectivity index (χ1n) is 7.39. The second kappa shape index (κ2) is 6.71. The molecule has 0 bridgehead atoms. The zero-order valence-electron chi connectivity index (χ0n) is 12.8. The van der Waals surface area contributed by atoms with E-state index in [9.17, 15) is 0 Å². The van der Waals surface area contributed by atoms with Crippen LogP contribution in [0, 0.1) is 0 Å². The van der Waals surface area contributed by atoms with E-state index in [0.717, 1.165) is 25.9 Å². The Hall–Kier alpha value is -1.61. The van der Waals surface area contributed by atoms with Crippen LogP contribution in [0.25, 0.3) is 0 Å². The molecule has 1 N–H and O–H groups in total. The number of nitrogens with zero attached hydrogens (tertiary/aromatic N) is 2. The molecule has 0 aliphatic carbocycles. The Kier molecular flexibility index (Phi) is 4.96. The molecular weight excluding hydrogens is 246 g/mol. The topological polar surface area (TPSA) is 29.9 Å². The average Bonchev–Trinajstić information content (AvgIpc) is 2.93. The van der Waals surface area contributed by atoms with E-state index >= 15 is 0 Å². The molecule has 0 unspecified atom stereocenters. The fraction of sp³-hybridized carbons (Fsp3) is 0.471. The minimum atomic E-state index is 0.129. The highest BCUT2D eigenvalue weighted by molar-refractivity contribution is 5.15. The average molecular weight is 271 g/mol. The quantitative estimate of drug-likeness (QED) is 0.836. The van der Waals surface area contributed by atoms with Gasteiger partial charge < -0.3 is 5.32 Å². The summed E-state index contributed by atoms with van der Waals surface area (Å²) >= 11 is 0. The maximum absolute atomic E-state index is 4.31. The maximum atomic E-state index is 4.31. The van der Waals surface area contributed by atoms with Gasteiger partial charge in [0.25, 0.3) is 0 Å². The second-order valence-electron chi connectivity index (χ2n) is 5.93. The van der Waals surface area contributed by atoms with E-state index in [2.05, 4.69) is 67.7 Å². The SMILES string of the molecule is CCn1cc(CNC(C)(C)CCc2ccccc2)cn1. The molecule has 108 valence electrons. The van der Waals surface area contributed by atoms with Crippen molar-refractivity contribution in [1.29, 1.82) is 0 Å². The van der Waals surface area contributed by atoms with Gasteiger partial charge in [-0.15, -0.1) is 0 Å². The van der Waals surface area contributed by atoms with Crippen LogP contribution in [0.3, 0.4) is 0 Å². The third-order valence-electron chi connectivity index (χ3n) is 3.66. The number of hydrogen-bond donors (Lipinski definition) is 1. The minimum Gasteiger partial charge on any atom is -0.308 e. The summed E-state index contributed by atoms with van der Waals surface area (Å²) in [4.78, 5) is 0. The highest BCUT2D eigenvalue weighted by atomic mass is 15.3. The van der Waals surface area contributed by atoms with Crippen LogP contribution >= 0.6 is 0 Å². The maximum Gasteiger partial charge on any atom is 0.0534 e. The normalized spacial score (nSPS) is 11.8. The van der Waals surface area contributed by atoms with E-state index in [4.69, 9.17) is 0 Å². The summed E-state index contributed by atoms with van der Waals surface area (Å²) in [6.07, 6.45) is 6.29. The minimum absolute atomic E-state index is 0.129. The molecule has 0 saturated heterocycles.